The topological polar surface area (TPSA) is 49.3 Å². The van der Waals surface area contributed by atoms with E-state index in [0.717, 1.165) is 10.7 Å². The largest absolute Gasteiger partial charge is 0.396 e. The van der Waals surface area contributed by atoms with Crippen LogP contribution in [0.1, 0.15) is 23.7 Å². The number of nitrogens with one attached hydrogen (secondary N) is 1. The number of benzene rings is 1. The highest BCUT2D eigenvalue weighted by Gasteiger charge is 2.15. The van der Waals surface area contributed by atoms with Crippen LogP contribution in [-0.4, -0.2) is 23.7 Å². The van der Waals surface area contributed by atoms with Gasteiger partial charge in [-0.3, -0.25) is 4.79 Å². The van der Waals surface area contributed by atoms with Crippen molar-refractivity contribution in [2.75, 3.05) is 6.61 Å². The monoisotopic (exact) mass is 571 g/mol. The van der Waals surface area contributed by atoms with E-state index in [-0.39, 0.29) is 18.6 Å². The molecule has 17 heavy (non-hydrogen) atoms. The number of amides is 1. The average Bonchev–Trinajstić information content (AvgIpc) is 2.23. The minimum atomic E-state index is -0.0771. The molecule has 0 heterocycles. The first kappa shape index (κ1) is 15.9. The maximum atomic E-state index is 12.1. The van der Waals surface area contributed by atoms with E-state index in [9.17, 15) is 4.79 Å². The summed E-state index contributed by atoms with van der Waals surface area (Å²) in [6, 6.07) is 3.90. The molecule has 1 aromatic carbocycles. The third-order valence-corrected chi connectivity index (χ3v) is 5.85. The number of halogens is 3. The Morgan fingerprint density at radius 2 is 2.06 bits per heavy atom. The van der Waals surface area contributed by atoms with Crippen molar-refractivity contribution in [3.8, 4) is 0 Å². The standard InChI is InChI=1S/C11H12I3NO2/c1-6(2-3-16)15-11(17)8-4-7(12)5-9(13)10(8)14/h4-6,16H,2-3H2,1H3,(H,15,17). The lowest BCUT2D eigenvalue weighted by molar-refractivity contribution is 0.0933. The van der Waals surface area contributed by atoms with Crippen LogP contribution in [0.4, 0.5) is 0 Å². The summed E-state index contributed by atoms with van der Waals surface area (Å²) in [5.41, 5.74) is 0.701. The predicted molar refractivity (Wildman–Crippen MR) is 93.2 cm³/mol. The smallest absolute Gasteiger partial charge is 0.252 e. The average molecular weight is 571 g/mol. The Morgan fingerprint density at radius 1 is 1.41 bits per heavy atom. The summed E-state index contributed by atoms with van der Waals surface area (Å²) in [5.74, 6) is -0.0771. The van der Waals surface area contributed by atoms with Crippen molar-refractivity contribution in [1.82, 2.24) is 5.32 Å². The van der Waals surface area contributed by atoms with Gasteiger partial charge in [0.2, 0.25) is 0 Å². The van der Waals surface area contributed by atoms with E-state index >= 15 is 0 Å². The molecule has 0 spiro atoms. The van der Waals surface area contributed by atoms with E-state index in [2.05, 4.69) is 73.1 Å². The molecule has 2 N–H and O–H groups in total. The number of carbonyl (C=O) groups excluding carboxylic acids is 1. The number of hydrogen-bond acceptors (Lipinski definition) is 2. The third-order valence-electron chi connectivity index (χ3n) is 2.18. The first-order chi connectivity index (χ1) is 7.95. The van der Waals surface area contributed by atoms with Crippen LogP contribution in [0, 0.1) is 10.7 Å². The molecule has 1 aromatic rings. The molecule has 0 saturated heterocycles. The highest BCUT2D eigenvalue weighted by Crippen LogP contribution is 2.22. The van der Waals surface area contributed by atoms with Gasteiger partial charge in [-0.1, -0.05) is 0 Å². The lowest BCUT2D eigenvalue weighted by atomic mass is 10.2. The summed E-state index contributed by atoms with van der Waals surface area (Å²) >= 11 is 6.61. The Labute approximate surface area is 142 Å². The molecule has 0 radical (unpaired) electrons. The fourth-order valence-corrected chi connectivity index (χ4v) is 3.69. The fraction of sp³-hybridized carbons (Fsp3) is 0.364. The number of carbonyl (C=O) groups is 1. The van der Waals surface area contributed by atoms with Crippen molar-refractivity contribution in [2.24, 2.45) is 0 Å². The van der Waals surface area contributed by atoms with Crippen molar-refractivity contribution in [3.63, 3.8) is 0 Å². The minimum Gasteiger partial charge on any atom is -0.396 e. The molecule has 3 nitrogen and oxygen atoms in total. The van der Waals surface area contributed by atoms with Gasteiger partial charge in [0, 0.05) is 23.4 Å². The van der Waals surface area contributed by atoms with Gasteiger partial charge < -0.3 is 10.4 Å². The normalized spacial score (nSPS) is 12.3. The molecular weight excluding hydrogens is 559 g/mol. The molecule has 1 atom stereocenters. The Bertz CT molecular complexity index is 423. The molecule has 6 heteroatoms. The van der Waals surface area contributed by atoms with Crippen LogP contribution in [0.5, 0.6) is 0 Å². The highest BCUT2D eigenvalue weighted by atomic mass is 127. The summed E-state index contributed by atoms with van der Waals surface area (Å²) in [6.07, 6.45) is 0.573. The second kappa shape index (κ2) is 7.43. The summed E-state index contributed by atoms with van der Waals surface area (Å²) in [5, 5.41) is 11.7. The molecule has 0 aliphatic heterocycles. The lowest BCUT2D eigenvalue weighted by Gasteiger charge is -2.14. The van der Waals surface area contributed by atoms with Crippen molar-refractivity contribution >= 4 is 73.7 Å². The Morgan fingerprint density at radius 3 is 2.65 bits per heavy atom. The molecule has 1 unspecified atom stereocenters. The number of rotatable bonds is 4. The van der Waals surface area contributed by atoms with Crippen LogP contribution in [-0.2, 0) is 0 Å². The SMILES string of the molecule is CC(CCO)NC(=O)c1cc(I)cc(I)c1I. The molecular formula is C11H12I3NO2. The van der Waals surface area contributed by atoms with E-state index in [1.54, 1.807) is 0 Å². The van der Waals surface area contributed by atoms with Gasteiger partial charge in [-0.05, 0) is 93.2 Å². The summed E-state index contributed by atoms with van der Waals surface area (Å²) in [4.78, 5) is 12.1. The zero-order valence-electron chi connectivity index (χ0n) is 9.14. The van der Waals surface area contributed by atoms with E-state index in [1.165, 1.54) is 0 Å². The van der Waals surface area contributed by atoms with E-state index < -0.39 is 0 Å². The third kappa shape index (κ3) is 4.78. The first-order valence-corrected chi connectivity index (χ1v) is 8.25. The fourth-order valence-electron chi connectivity index (χ4n) is 1.29. The quantitative estimate of drug-likeness (QED) is 0.432. The van der Waals surface area contributed by atoms with Crippen molar-refractivity contribution in [2.45, 2.75) is 19.4 Å². The van der Waals surface area contributed by atoms with Crippen LogP contribution in [0.3, 0.4) is 0 Å². The lowest BCUT2D eigenvalue weighted by Crippen LogP contribution is -2.33. The number of aliphatic hydroxyl groups is 1. The molecule has 0 aliphatic rings. The summed E-state index contributed by atoms with van der Waals surface area (Å²) in [6.45, 7) is 1.97. The van der Waals surface area contributed by atoms with Crippen LogP contribution < -0.4 is 5.32 Å². The van der Waals surface area contributed by atoms with Crippen LogP contribution in [0.25, 0.3) is 0 Å². The molecule has 0 aromatic heterocycles. The maximum absolute atomic E-state index is 12.1. The second-order valence-corrected chi connectivity index (χ2v) is 7.12. The van der Waals surface area contributed by atoms with Gasteiger partial charge >= 0.3 is 0 Å². The molecule has 1 rings (SSSR count). The van der Waals surface area contributed by atoms with Crippen LogP contribution in [0.2, 0.25) is 0 Å². The molecule has 1 amide bonds. The molecule has 94 valence electrons. The zero-order chi connectivity index (χ0) is 13.0. The minimum absolute atomic E-state index is 0.0150. The van der Waals surface area contributed by atoms with Gasteiger partial charge in [-0.15, -0.1) is 0 Å². The number of hydrogen-bond donors (Lipinski definition) is 2. The van der Waals surface area contributed by atoms with Gasteiger partial charge in [0.15, 0.2) is 0 Å². The van der Waals surface area contributed by atoms with E-state index in [0.29, 0.717) is 12.0 Å². The second-order valence-electron chi connectivity index (χ2n) is 3.64. The van der Waals surface area contributed by atoms with Crippen molar-refractivity contribution < 1.29 is 9.90 Å². The molecule has 0 bridgehead atoms. The maximum Gasteiger partial charge on any atom is 0.252 e. The van der Waals surface area contributed by atoms with Gasteiger partial charge in [0.05, 0.1) is 5.56 Å². The summed E-state index contributed by atoms with van der Waals surface area (Å²) in [7, 11) is 0. The molecule has 0 aliphatic carbocycles. The van der Waals surface area contributed by atoms with E-state index in [4.69, 9.17) is 5.11 Å². The van der Waals surface area contributed by atoms with Gasteiger partial charge in [-0.2, -0.15) is 0 Å². The Hall–Kier alpha value is 0.840. The van der Waals surface area contributed by atoms with E-state index in [1.807, 2.05) is 19.1 Å². The van der Waals surface area contributed by atoms with Crippen LogP contribution >= 0.6 is 67.8 Å². The molecule has 0 saturated carbocycles. The van der Waals surface area contributed by atoms with Crippen molar-refractivity contribution in [3.05, 3.63) is 28.4 Å². The van der Waals surface area contributed by atoms with Gasteiger partial charge in [-0.25, -0.2) is 0 Å². The molecule has 0 fully saturated rings. The van der Waals surface area contributed by atoms with Crippen molar-refractivity contribution in [1.29, 1.82) is 0 Å². The first-order valence-electron chi connectivity index (χ1n) is 5.02. The van der Waals surface area contributed by atoms with Gasteiger partial charge in [0.25, 0.3) is 5.91 Å². The zero-order valence-corrected chi connectivity index (χ0v) is 15.6. The predicted octanol–water partition coefficient (Wildman–Crippen LogP) is 3.00. The number of aliphatic hydroxyl groups excluding tert-OH is 1. The van der Waals surface area contributed by atoms with Crippen LogP contribution in [0.15, 0.2) is 12.1 Å². The van der Waals surface area contributed by atoms with Gasteiger partial charge in [0.1, 0.15) is 0 Å². The Balaban J connectivity index is 2.89. The Kier molecular flexibility index (Phi) is 6.95. The highest BCUT2D eigenvalue weighted by molar-refractivity contribution is 14.1. The summed E-state index contributed by atoms with van der Waals surface area (Å²) < 4.78 is 3.10.